The summed E-state index contributed by atoms with van der Waals surface area (Å²) >= 11 is 11.8. The Morgan fingerprint density at radius 1 is 0.784 bits per heavy atom. The van der Waals surface area contributed by atoms with Gasteiger partial charge in [-0.1, -0.05) is 23.2 Å². The number of halogens is 2. The van der Waals surface area contributed by atoms with Crippen LogP contribution < -0.4 is 14.8 Å². The van der Waals surface area contributed by atoms with Crippen LogP contribution in [0.5, 0.6) is 5.75 Å². The van der Waals surface area contributed by atoms with Crippen molar-refractivity contribution in [2.24, 2.45) is 0 Å². The molecule has 0 aliphatic heterocycles. The quantitative estimate of drug-likeness (QED) is 0.364. The van der Waals surface area contributed by atoms with Crippen LogP contribution in [0.2, 0.25) is 10.0 Å². The van der Waals surface area contributed by atoms with Crippen LogP contribution in [-0.2, 0) is 24.3 Å². The molecule has 0 heterocycles. The van der Waals surface area contributed by atoms with E-state index in [0.717, 1.165) is 0 Å². The van der Waals surface area contributed by atoms with Crippen LogP contribution in [0.3, 0.4) is 0 Å². The molecular formula is C24H20Cl2N2O8S. The molecule has 0 bridgehead atoms. The average Bonchev–Trinajstić information content (AvgIpc) is 2.88. The first-order valence-electron chi connectivity index (χ1n) is 10.3. The number of hydrogen-bond donors (Lipinski definition) is 2. The lowest BCUT2D eigenvalue weighted by atomic mass is 10.1. The fourth-order valence-electron chi connectivity index (χ4n) is 3.01. The molecule has 0 spiro atoms. The molecule has 3 rings (SSSR count). The lowest BCUT2D eigenvalue weighted by Crippen LogP contribution is -2.21. The van der Waals surface area contributed by atoms with Crippen LogP contribution in [0.25, 0.3) is 0 Å². The summed E-state index contributed by atoms with van der Waals surface area (Å²) in [5, 5.41) is 3.00. The van der Waals surface area contributed by atoms with E-state index in [1.165, 1.54) is 74.9 Å². The minimum absolute atomic E-state index is 0.0351. The van der Waals surface area contributed by atoms with Crippen molar-refractivity contribution in [3.63, 3.8) is 0 Å². The number of amides is 1. The maximum absolute atomic E-state index is 12.6. The van der Waals surface area contributed by atoms with Gasteiger partial charge in [0, 0.05) is 5.69 Å². The third kappa shape index (κ3) is 7.35. The molecule has 1 amide bonds. The first kappa shape index (κ1) is 27.8. The molecule has 0 atom stereocenters. The van der Waals surface area contributed by atoms with Gasteiger partial charge in [0.2, 0.25) is 0 Å². The van der Waals surface area contributed by atoms with Crippen LogP contribution in [0.15, 0.2) is 65.6 Å². The van der Waals surface area contributed by atoms with E-state index in [9.17, 15) is 22.8 Å². The van der Waals surface area contributed by atoms with Crippen molar-refractivity contribution in [3.8, 4) is 5.75 Å². The smallest absolute Gasteiger partial charge is 0.337 e. The lowest BCUT2D eigenvalue weighted by Gasteiger charge is -2.11. The van der Waals surface area contributed by atoms with Crippen molar-refractivity contribution in [2.75, 3.05) is 30.9 Å². The molecule has 0 saturated heterocycles. The zero-order chi connectivity index (χ0) is 27.2. The summed E-state index contributed by atoms with van der Waals surface area (Å²) in [7, 11) is -1.56. The Morgan fingerprint density at radius 2 is 1.38 bits per heavy atom. The van der Waals surface area contributed by atoms with Gasteiger partial charge in [-0.15, -0.1) is 0 Å². The number of carbonyl (C=O) groups is 3. The number of methoxy groups -OCH3 is 2. The summed E-state index contributed by atoms with van der Waals surface area (Å²) in [4.78, 5) is 36.1. The van der Waals surface area contributed by atoms with Crippen LogP contribution in [-0.4, -0.2) is 47.1 Å². The fourth-order valence-corrected chi connectivity index (χ4v) is 4.35. The molecule has 10 nitrogen and oxygen atoms in total. The summed E-state index contributed by atoms with van der Waals surface area (Å²) in [6.45, 7) is -0.441. The van der Waals surface area contributed by atoms with Crippen LogP contribution in [0, 0.1) is 0 Å². The van der Waals surface area contributed by atoms with Gasteiger partial charge < -0.3 is 19.5 Å². The third-order valence-electron chi connectivity index (χ3n) is 4.73. The summed E-state index contributed by atoms with van der Waals surface area (Å²) in [5.74, 6) is -1.79. The Morgan fingerprint density at radius 3 is 1.92 bits per heavy atom. The monoisotopic (exact) mass is 566 g/mol. The van der Waals surface area contributed by atoms with Crippen molar-refractivity contribution in [3.05, 3.63) is 81.8 Å². The minimum Gasteiger partial charge on any atom is -0.484 e. The van der Waals surface area contributed by atoms with E-state index in [2.05, 4.69) is 19.5 Å². The SMILES string of the molecule is COC(=O)c1cc(NC(=O)COc2ccc(S(=O)(=O)Nc3ccc(Cl)c(Cl)c3)cc2)cc(C(=O)OC)c1. The Kier molecular flexibility index (Phi) is 8.98. The number of carbonyl (C=O) groups excluding carboxylic acids is 3. The van der Waals surface area contributed by atoms with E-state index in [4.69, 9.17) is 27.9 Å². The fraction of sp³-hybridized carbons (Fsp3) is 0.125. The van der Waals surface area contributed by atoms with Gasteiger partial charge in [0.25, 0.3) is 15.9 Å². The molecule has 3 aromatic carbocycles. The number of sulfonamides is 1. The van der Waals surface area contributed by atoms with E-state index in [0.29, 0.717) is 0 Å². The highest BCUT2D eigenvalue weighted by Gasteiger charge is 2.17. The number of benzene rings is 3. The van der Waals surface area contributed by atoms with E-state index >= 15 is 0 Å². The molecule has 0 aliphatic rings. The number of hydrogen-bond acceptors (Lipinski definition) is 8. The Balaban J connectivity index is 1.64. The number of ether oxygens (including phenoxy) is 3. The highest BCUT2D eigenvalue weighted by molar-refractivity contribution is 7.92. The highest BCUT2D eigenvalue weighted by Crippen LogP contribution is 2.27. The predicted octanol–water partition coefficient (Wildman–Crippen LogP) is 4.38. The molecule has 13 heteroatoms. The minimum atomic E-state index is -3.92. The van der Waals surface area contributed by atoms with Gasteiger partial charge in [0.15, 0.2) is 6.61 Å². The van der Waals surface area contributed by atoms with Crippen molar-refractivity contribution < 1.29 is 37.0 Å². The topological polar surface area (TPSA) is 137 Å². The van der Waals surface area contributed by atoms with E-state index in [1.807, 2.05) is 0 Å². The Labute approximate surface area is 222 Å². The number of nitrogens with one attached hydrogen (secondary N) is 2. The van der Waals surface area contributed by atoms with Gasteiger partial charge in [-0.3, -0.25) is 9.52 Å². The van der Waals surface area contributed by atoms with Gasteiger partial charge in [-0.25, -0.2) is 18.0 Å². The largest absolute Gasteiger partial charge is 0.484 e. The van der Waals surface area contributed by atoms with Gasteiger partial charge in [-0.05, 0) is 60.7 Å². The molecule has 3 aromatic rings. The zero-order valence-corrected chi connectivity index (χ0v) is 21.7. The maximum Gasteiger partial charge on any atom is 0.337 e. The standard InChI is InChI=1S/C24H20Cl2N2O8S/c1-34-23(30)14-9-15(24(31)35-2)11-17(10-14)27-22(29)13-36-18-4-6-19(7-5-18)37(32,33)28-16-3-8-20(25)21(26)12-16/h3-12,28H,13H2,1-2H3,(H,27,29). The summed E-state index contributed by atoms with van der Waals surface area (Å²) in [6, 6.07) is 13.6. The van der Waals surface area contributed by atoms with Crippen molar-refractivity contribution in [2.45, 2.75) is 4.90 Å². The average molecular weight is 567 g/mol. The molecule has 0 unspecified atom stereocenters. The molecule has 194 valence electrons. The lowest BCUT2D eigenvalue weighted by molar-refractivity contribution is -0.118. The van der Waals surface area contributed by atoms with Gasteiger partial charge in [0.1, 0.15) is 5.75 Å². The Bertz CT molecular complexity index is 1410. The molecule has 0 aliphatic carbocycles. The summed E-state index contributed by atoms with van der Waals surface area (Å²) in [5.41, 5.74) is 0.450. The van der Waals surface area contributed by atoms with Crippen molar-refractivity contribution >= 4 is 62.4 Å². The van der Waals surface area contributed by atoms with Gasteiger partial charge >= 0.3 is 11.9 Å². The predicted molar refractivity (Wildman–Crippen MR) is 137 cm³/mol. The highest BCUT2D eigenvalue weighted by atomic mass is 35.5. The molecule has 37 heavy (non-hydrogen) atoms. The van der Waals surface area contributed by atoms with Crippen LogP contribution in [0.1, 0.15) is 20.7 Å². The van der Waals surface area contributed by atoms with E-state index in [-0.39, 0.29) is 43.2 Å². The zero-order valence-electron chi connectivity index (χ0n) is 19.4. The third-order valence-corrected chi connectivity index (χ3v) is 6.87. The Hall–Kier alpha value is -3.80. The van der Waals surface area contributed by atoms with Crippen LogP contribution in [0.4, 0.5) is 11.4 Å². The number of anilines is 2. The molecule has 2 N–H and O–H groups in total. The van der Waals surface area contributed by atoms with Gasteiger partial charge in [0.05, 0.1) is 46.0 Å². The first-order valence-corrected chi connectivity index (χ1v) is 12.6. The van der Waals surface area contributed by atoms with E-state index in [1.54, 1.807) is 0 Å². The van der Waals surface area contributed by atoms with Crippen LogP contribution >= 0.6 is 23.2 Å². The van der Waals surface area contributed by atoms with Crippen molar-refractivity contribution in [1.82, 2.24) is 0 Å². The second-order valence-corrected chi connectivity index (χ2v) is 9.82. The molecule has 0 fully saturated rings. The number of esters is 2. The molecular weight excluding hydrogens is 547 g/mol. The molecule has 0 radical (unpaired) electrons. The molecule has 0 aromatic heterocycles. The summed E-state index contributed by atoms with van der Waals surface area (Å²) in [6.07, 6.45) is 0. The second-order valence-electron chi connectivity index (χ2n) is 7.32. The number of rotatable bonds is 9. The summed E-state index contributed by atoms with van der Waals surface area (Å²) < 4.78 is 42.4. The van der Waals surface area contributed by atoms with E-state index < -0.39 is 34.5 Å². The first-order chi connectivity index (χ1) is 17.5. The second kappa shape index (κ2) is 12.0. The van der Waals surface area contributed by atoms with Crippen molar-refractivity contribution in [1.29, 1.82) is 0 Å². The molecule has 0 saturated carbocycles. The maximum atomic E-state index is 12.6. The van der Waals surface area contributed by atoms with Gasteiger partial charge in [-0.2, -0.15) is 0 Å². The normalized spacial score (nSPS) is 10.8.